The Morgan fingerprint density at radius 3 is 2.64 bits per heavy atom. The van der Waals surface area contributed by atoms with Crippen LogP contribution in [0.3, 0.4) is 0 Å². The summed E-state index contributed by atoms with van der Waals surface area (Å²) >= 11 is 0. The highest BCUT2D eigenvalue weighted by atomic mass is 16.5. The van der Waals surface area contributed by atoms with Crippen LogP contribution >= 0.6 is 0 Å². The topological polar surface area (TPSA) is 94.8 Å². The van der Waals surface area contributed by atoms with Gasteiger partial charge in [-0.2, -0.15) is 0 Å². The summed E-state index contributed by atoms with van der Waals surface area (Å²) in [6.45, 7) is 1.92. The van der Waals surface area contributed by atoms with Crippen LogP contribution in [-0.4, -0.2) is 31.1 Å². The summed E-state index contributed by atoms with van der Waals surface area (Å²) in [5.41, 5.74) is 2.89. The third-order valence-electron chi connectivity index (χ3n) is 4.04. The molecule has 0 saturated heterocycles. The Morgan fingerprint density at radius 1 is 1.11 bits per heavy atom. The molecule has 0 fully saturated rings. The van der Waals surface area contributed by atoms with Crippen LogP contribution in [0.2, 0.25) is 0 Å². The molecule has 0 bridgehead atoms. The van der Waals surface area contributed by atoms with E-state index in [-0.39, 0.29) is 5.91 Å². The van der Waals surface area contributed by atoms with E-state index >= 15 is 0 Å². The van der Waals surface area contributed by atoms with E-state index in [2.05, 4.69) is 25.8 Å². The van der Waals surface area contributed by atoms with Crippen molar-refractivity contribution in [2.75, 3.05) is 5.32 Å². The van der Waals surface area contributed by atoms with Crippen LogP contribution in [0.4, 0.5) is 5.69 Å². The van der Waals surface area contributed by atoms with Gasteiger partial charge in [0, 0.05) is 17.4 Å². The molecule has 4 aromatic rings. The number of pyridine rings is 1. The lowest BCUT2D eigenvalue weighted by atomic mass is 10.1. The van der Waals surface area contributed by atoms with Crippen molar-refractivity contribution in [3.8, 4) is 17.2 Å². The van der Waals surface area contributed by atoms with Crippen molar-refractivity contribution < 1.29 is 9.53 Å². The predicted octanol–water partition coefficient (Wildman–Crippen LogP) is 3.41. The average molecular weight is 372 g/mol. The second kappa shape index (κ2) is 7.67. The maximum atomic E-state index is 12.5. The number of hydrogen-bond donors (Lipinski definition) is 1. The Morgan fingerprint density at radius 2 is 1.96 bits per heavy atom. The lowest BCUT2D eigenvalue weighted by Crippen LogP contribution is -2.12. The van der Waals surface area contributed by atoms with Crippen LogP contribution in [0.25, 0.3) is 5.69 Å². The molecule has 2 aromatic carbocycles. The Kier molecular flexibility index (Phi) is 4.75. The van der Waals surface area contributed by atoms with Gasteiger partial charge in [0.1, 0.15) is 17.8 Å². The summed E-state index contributed by atoms with van der Waals surface area (Å²) in [6.07, 6.45) is 4.83. The molecule has 0 unspecified atom stereocenters. The number of rotatable bonds is 5. The van der Waals surface area contributed by atoms with E-state index < -0.39 is 0 Å². The molecule has 1 N–H and O–H groups in total. The number of carbonyl (C=O) groups is 1. The molecule has 2 heterocycles. The zero-order valence-corrected chi connectivity index (χ0v) is 15.0. The van der Waals surface area contributed by atoms with E-state index in [0.29, 0.717) is 22.7 Å². The van der Waals surface area contributed by atoms with Gasteiger partial charge in [-0.25, -0.2) is 4.68 Å². The third kappa shape index (κ3) is 3.85. The van der Waals surface area contributed by atoms with E-state index in [1.807, 2.05) is 31.2 Å². The van der Waals surface area contributed by atoms with Gasteiger partial charge in [-0.3, -0.25) is 9.78 Å². The molecule has 0 radical (unpaired) electrons. The van der Waals surface area contributed by atoms with Gasteiger partial charge in [0.15, 0.2) is 0 Å². The number of carbonyl (C=O) groups excluding carboxylic acids is 1. The Hall–Kier alpha value is -4.07. The van der Waals surface area contributed by atoms with Gasteiger partial charge in [0.05, 0.1) is 11.9 Å². The van der Waals surface area contributed by atoms with Crippen molar-refractivity contribution in [2.24, 2.45) is 0 Å². The Bertz CT molecular complexity index is 1080. The lowest BCUT2D eigenvalue weighted by molar-refractivity contribution is 0.102. The number of nitrogens with zero attached hydrogens (tertiary/aromatic N) is 5. The van der Waals surface area contributed by atoms with Gasteiger partial charge in [-0.15, -0.1) is 5.10 Å². The number of anilines is 1. The Balaban J connectivity index is 1.45. The van der Waals surface area contributed by atoms with Gasteiger partial charge in [-0.1, -0.05) is 0 Å². The molecular formula is C20H16N6O2. The highest BCUT2D eigenvalue weighted by molar-refractivity contribution is 6.04. The zero-order valence-electron chi connectivity index (χ0n) is 15.0. The summed E-state index contributed by atoms with van der Waals surface area (Å²) in [7, 11) is 0. The number of amides is 1. The first kappa shape index (κ1) is 17.3. The summed E-state index contributed by atoms with van der Waals surface area (Å²) < 4.78 is 7.33. The van der Waals surface area contributed by atoms with Gasteiger partial charge in [0.25, 0.3) is 5.91 Å². The molecule has 0 aliphatic rings. The average Bonchev–Trinajstić information content (AvgIpc) is 3.26. The minimum atomic E-state index is -0.205. The second-order valence-electron chi connectivity index (χ2n) is 6.03. The largest absolute Gasteiger partial charge is 0.455 e. The maximum absolute atomic E-state index is 12.5. The van der Waals surface area contributed by atoms with E-state index in [9.17, 15) is 4.79 Å². The fourth-order valence-corrected chi connectivity index (χ4v) is 2.62. The standard InChI is InChI=1S/C20H16N6O2/c1-14-11-16(6-9-19(14)28-18-3-2-10-21-12-18)23-20(27)15-4-7-17(8-5-15)26-13-22-24-25-26/h2-13H,1H3,(H,23,27). The van der Waals surface area contributed by atoms with Crippen LogP contribution in [0.15, 0.2) is 73.3 Å². The monoisotopic (exact) mass is 372 g/mol. The van der Waals surface area contributed by atoms with Crippen molar-refractivity contribution in [3.05, 3.63) is 84.4 Å². The molecule has 0 saturated carbocycles. The first-order chi connectivity index (χ1) is 13.7. The van der Waals surface area contributed by atoms with Crippen molar-refractivity contribution in [1.82, 2.24) is 25.2 Å². The molecule has 2 aromatic heterocycles. The number of ether oxygens (including phenoxy) is 1. The molecule has 4 rings (SSSR count). The number of benzene rings is 2. The number of hydrogen-bond acceptors (Lipinski definition) is 6. The lowest BCUT2D eigenvalue weighted by Gasteiger charge is -2.11. The number of aryl methyl sites for hydroxylation is 1. The van der Waals surface area contributed by atoms with Gasteiger partial charge >= 0.3 is 0 Å². The van der Waals surface area contributed by atoms with Crippen LogP contribution in [0, 0.1) is 6.92 Å². The summed E-state index contributed by atoms with van der Waals surface area (Å²) in [6, 6.07) is 16.1. The van der Waals surface area contributed by atoms with Crippen LogP contribution in [0.1, 0.15) is 15.9 Å². The third-order valence-corrected chi connectivity index (χ3v) is 4.04. The minimum Gasteiger partial charge on any atom is -0.455 e. The smallest absolute Gasteiger partial charge is 0.255 e. The highest BCUT2D eigenvalue weighted by Gasteiger charge is 2.09. The van der Waals surface area contributed by atoms with E-state index in [4.69, 9.17) is 4.74 Å². The van der Waals surface area contributed by atoms with Crippen LogP contribution in [-0.2, 0) is 0 Å². The molecular weight excluding hydrogens is 356 g/mol. The molecule has 8 nitrogen and oxygen atoms in total. The first-order valence-corrected chi connectivity index (χ1v) is 8.52. The molecule has 28 heavy (non-hydrogen) atoms. The van der Waals surface area contributed by atoms with Crippen LogP contribution in [0.5, 0.6) is 11.5 Å². The minimum absolute atomic E-state index is 0.205. The van der Waals surface area contributed by atoms with Gasteiger partial charge in [0.2, 0.25) is 0 Å². The molecule has 0 spiro atoms. The van der Waals surface area contributed by atoms with E-state index in [0.717, 1.165) is 11.3 Å². The first-order valence-electron chi connectivity index (χ1n) is 8.52. The SMILES string of the molecule is Cc1cc(NC(=O)c2ccc(-n3cnnn3)cc2)ccc1Oc1cccnc1. The molecule has 0 aliphatic carbocycles. The van der Waals surface area contributed by atoms with Gasteiger partial charge < -0.3 is 10.1 Å². The normalized spacial score (nSPS) is 10.5. The second-order valence-corrected chi connectivity index (χ2v) is 6.03. The van der Waals surface area contributed by atoms with Gasteiger partial charge in [-0.05, 0) is 77.5 Å². The maximum Gasteiger partial charge on any atom is 0.255 e. The van der Waals surface area contributed by atoms with Crippen molar-refractivity contribution in [3.63, 3.8) is 0 Å². The molecule has 1 amide bonds. The molecule has 138 valence electrons. The zero-order chi connectivity index (χ0) is 19.3. The fourth-order valence-electron chi connectivity index (χ4n) is 2.62. The molecule has 0 atom stereocenters. The number of nitrogens with one attached hydrogen (secondary N) is 1. The van der Waals surface area contributed by atoms with E-state index in [1.54, 1.807) is 42.7 Å². The van der Waals surface area contributed by atoms with Crippen molar-refractivity contribution >= 4 is 11.6 Å². The molecule has 0 aliphatic heterocycles. The van der Waals surface area contributed by atoms with Crippen LogP contribution < -0.4 is 10.1 Å². The van der Waals surface area contributed by atoms with E-state index in [1.165, 1.54) is 11.0 Å². The number of tetrazole rings is 1. The number of aromatic nitrogens is 5. The Labute approximate surface area is 160 Å². The van der Waals surface area contributed by atoms with Crippen molar-refractivity contribution in [1.29, 1.82) is 0 Å². The highest BCUT2D eigenvalue weighted by Crippen LogP contribution is 2.27. The summed E-state index contributed by atoms with van der Waals surface area (Å²) in [5.74, 6) is 1.16. The summed E-state index contributed by atoms with van der Waals surface area (Å²) in [4.78, 5) is 16.5. The molecule has 8 heteroatoms. The fraction of sp³-hybridized carbons (Fsp3) is 0.0500. The van der Waals surface area contributed by atoms with Crippen molar-refractivity contribution in [2.45, 2.75) is 6.92 Å². The quantitative estimate of drug-likeness (QED) is 0.577. The predicted molar refractivity (Wildman–Crippen MR) is 103 cm³/mol. The summed E-state index contributed by atoms with van der Waals surface area (Å²) in [5, 5.41) is 13.9.